The van der Waals surface area contributed by atoms with Crippen LogP contribution in [0.1, 0.15) is 62.4 Å². The highest BCUT2D eigenvalue weighted by molar-refractivity contribution is 5.94. The molecule has 7 nitrogen and oxygen atoms in total. The molecule has 1 heterocycles. The van der Waals surface area contributed by atoms with Crippen LogP contribution in [0.25, 0.3) is 0 Å². The van der Waals surface area contributed by atoms with Crippen molar-refractivity contribution in [3.8, 4) is 11.5 Å². The smallest absolute Gasteiger partial charge is 0.308 e. The van der Waals surface area contributed by atoms with Crippen LogP contribution in [0.15, 0.2) is 48.5 Å². The Morgan fingerprint density at radius 3 is 2.41 bits per heavy atom. The number of hydrogen-bond donors (Lipinski definition) is 1. The molecule has 1 saturated heterocycles. The second-order valence-electron chi connectivity index (χ2n) is 9.05. The van der Waals surface area contributed by atoms with E-state index in [-0.39, 0.29) is 11.8 Å². The van der Waals surface area contributed by atoms with Gasteiger partial charge in [-0.05, 0) is 61.4 Å². The lowest BCUT2D eigenvalue weighted by Crippen LogP contribution is -2.43. The summed E-state index contributed by atoms with van der Waals surface area (Å²) in [6, 6.07) is 14.5. The molecule has 0 saturated carbocycles. The fourth-order valence-corrected chi connectivity index (χ4v) is 4.08. The Morgan fingerprint density at radius 1 is 1.03 bits per heavy atom. The van der Waals surface area contributed by atoms with Gasteiger partial charge in [0, 0.05) is 32.1 Å². The minimum absolute atomic E-state index is 0.0812. The first kappa shape index (κ1) is 25.3. The fraction of sp³-hybridized carbons (Fsp3) is 0.444. The molecule has 2 aromatic carbocycles. The fourth-order valence-electron chi connectivity index (χ4n) is 4.08. The molecular weight excluding hydrogens is 432 g/mol. The van der Waals surface area contributed by atoms with Crippen molar-refractivity contribution in [3.63, 3.8) is 0 Å². The summed E-state index contributed by atoms with van der Waals surface area (Å²) in [4.78, 5) is 38.4. The van der Waals surface area contributed by atoms with Crippen LogP contribution in [0, 0.1) is 5.92 Å². The first-order valence-corrected chi connectivity index (χ1v) is 11.9. The Balaban J connectivity index is 1.46. The molecule has 1 fully saturated rings. The standard InChI is InChI=1S/C27H34N2O5/c1-18(2)24-10-5-6-11-25(24)33-19(3)26(31)28-17-21-12-14-29(15-13-21)27(32)22-8-7-9-23(16-22)34-20(4)30/h5-11,16,18-19,21H,12-15,17H2,1-4H3,(H,28,31). The van der Waals surface area contributed by atoms with Crippen LogP contribution in [-0.4, -0.2) is 48.4 Å². The van der Waals surface area contributed by atoms with Crippen molar-refractivity contribution >= 4 is 17.8 Å². The zero-order valence-electron chi connectivity index (χ0n) is 20.4. The minimum atomic E-state index is -0.592. The van der Waals surface area contributed by atoms with Crippen LogP contribution in [0.3, 0.4) is 0 Å². The van der Waals surface area contributed by atoms with Gasteiger partial charge in [0.05, 0.1) is 0 Å². The van der Waals surface area contributed by atoms with Crippen molar-refractivity contribution in [2.24, 2.45) is 5.92 Å². The molecule has 2 aromatic rings. The minimum Gasteiger partial charge on any atom is -0.481 e. The Morgan fingerprint density at radius 2 is 1.74 bits per heavy atom. The molecule has 0 aromatic heterocycles. The van der Waals surface area contributed by atoms with Gasteiger partial charge in [0.2, 0.25) is 0 Å². The van der Waals surface area contributed by atoms with Crippen molar-refractivity contribution in [2.75, 3.05) is 19.6 Å². The van der Waals surface area contributed by atoms with E-state index >= 15 is 0 Å². The molecule has 1 atom stereocenters. The number of nitrogens with one attached hydrogen (secondary N) is 1. The zero-order chi connectivity index (χ0) is 24.7. The second kappa shape index (κ2) is 11.7. The molecule has 34 heavy (non-hydrogen) atoms. The van der Waals surface area contributed by atoms with E-state index in [1.165, 1.54) is 6.92 Å². The van der Waals surface area contributed by atoms with E-state index in [0.717, 1.165) is 24.2 Å². The molecule has 0 aliphatic carbocycles. The molecule has 0 bridgehead atoms. The first-order chi connectivity index (χ1) is 16.2. The summed E-state index contributed by atoms with van der Waals surface area (Å²) in [7, 11) is 0. The third-order valence-corrected chi connectivity index (χ3v) is 6.02. The van der Waals surface area contributed by atoms with Crippen molar-refractivity contribution in [1.82, 2.24) is 10.2 Å². The quantitative estimate of drug-likeness (QED) is 0.466. The maximum absolute atomic E-state index is 12.8. The molecule has 1 unspecified atom stereocenters. The molecule has 0 radical (unpaired) electrons. The number of hydrogen-bond acceptors (Lipinski definition) is 5. The Labute approximate surface area is 201 Å². The lowest BCUT2D eigenvalue weighted by Gasteiger charge is -2.32. The third-order valence-electron chi connectivity index (χ3n) is 6.02. The largest absolute Gasteiger partial charge is 0.481 e. The summed E-state index contributed by atoms with van der Waals surface area (Å²) in [6.45, 7) is 9.08. The highest BCUT2D eigenvalue weighted by Crippen LogP contribution is 2.27. The number of amides is 2. The van der Waals surface area contributed by atoms with E-state index in [1.807, 2.05) is 24.3 Å². The van der Waals surface area contributed by atoms with Crippen LogP contribution in [0.2, 0.25) is 0 Å². The molecule has 2 amide bonds. The van der Waals surface area contributed by atoms with Gasteiger partial charge < -0.3 is 19.7 Å². The Hall–Kier alpha value is -3.35. The number of rotatable bonds is 8. The van der Waals surface area contributed by atoms with Gasteiger partial charge in [-0.1, -0.05) is 38.1 Å². The predicted octanol–water partition coefficient (Wildman–Crippen LogP) is 4.17. The summed E-state index contributed by atoms with van der Waals surface area (Å²) >= 11 is 0. The molecule has 7 heteroatoms. The van der Waals surface area contributed by atoms with Gasteiger partial charge in [-0.15, -0.1) is 0 Å². The monoisotopic (exact) mass is 466 g/mol. The molecule has 182 valence electrons. The number of likely N-dealkylation sites (tertiary alicyclic amines) is 1. The maximum atomic E-state index is 12.8. The summed E-state index contributed by atoms with van der Waals surface area (Å²) in [5.74, 6) is 1.07. The summed E-state index contributed by atoms with van der Waals surface area (Å²) in [5.41, 5.74) is 1.58. The predicted molar refractivity (Wildman–Crippen MR) is 130 cm³/mol. The van der Waals surface area contributed by atoms with Gasteiger partial charge in [-0.25, -0.2) is 0 Å². The van der Waals surface area contributed by atoms with E-state index < -0.39 is 12.1 Å². The number of piperidine rings is 1. The average Bonchev–Trinajstić information content (AvgIpc) is 2.82. The number of nitrogens with zero attached hydrogens (tertiary/aromatic N) is 1. The van der Waals surface area contributed by atoms with Gasteiger partial charge in [0.25, 0.3) is 11.8 Å². The molecule has 1 N–H and O–H groups in total. The highest BCUT2D eigenvalue weighted by atomic mass is 16.5. The molecule has 1 aliphatic rings. The number of carbonyl (C=O) groups excluding carboxylic acids is 3. The van der Waals surface area contributed by atoms with Crippen LogP contribution in [-0.2, 0) is 9.59 Å². The van der Waals surface area contributed by atoms with Crippen molar-refractivity contribution in [1.29, 1.82) is 0 Å². The van der Waals surface area contributed by atoms with E-state index in [1.54, 1.807) is 36.1 Å². The topological polar surface area (TPSA) is 84.9 Å². The van der Waals surface area contributed by atoms with E-state index in [2.05, 4.69) is 19.2 Å². The van der Waals surface area contributed by atoms with Crippen molar-refractivity contribution in [2.45, 2.75) is 52.6 Å². The zero-order valence-corrected chi connectivity index (χ0v) is 20.4. The van der Waals surface area contributed by atoms with E-state index in [0.29, 0.717) is 42.8 Å². The van der Waals surface area contributed by atoms with Gasteiger partial charge in [-0.2, -0.15) is 0 Å². The number of esters is 1. The lowest BCUT2D eigenvalue weighted by molar-refractivity contribution is -0.132. The Bertz CT molecular complexity index is 1010. The molecule has 0 spiro atoms. The third kappa shape index (κ3) is 6.83. The normalized spacial score (nSPS) is 15.0. The summed E-state index contributed by atoms with van der Waals surface area (Å²) in [6.07, 6.45) is 1.02. The second-order valence-corrected chi connectivity index (χ2v) is 9.05. The number of ether oxygens (including phenoxy) is 2. The number of benzene rings is 2. The lowest BCUT2D eigenvalue weighted by atomic mass is 9.96. The molecular formula is C27H34N2O5. The summed E-state index contributed by atoms with van der Waals surface area (Å²) in [5, 5.41) is 3.01. The van der Waals surface area contributed by atoms with Gasteiger partial charge in [0.1, 0.15) is 11.5 Å². The number of para-hydroxylation sites is 1. The Kier molecular flexibility index (Phi) is 8.68. The van der Waals surface area contributed by atoms with Gasteiger partial charge >= 0.3 is 5.97 Å². The van der Waals surface area contributed by atoms with Gasteiger partial charge in [-0.3, -0.25) is 14.4 Å². The van der Waals surface area contributed by atoms with Crippen LogP contribution < -0.4 is 14.8 Å². The van der Waals surface area contributed by atoms with Crippen LogP contribution in [0.5, 0.6) is 11.5 Å². The highest BCUT2D eigenvalue weighted by Gasteiger charge is 2.25. The average molecular weight is 467 g/mol. The van der Waals surface area contributed by atoms with Crippen molar-refractivity contribution in [3.05, 3.63) is 59.7 Å². The van der Waals surface area contributed by atoms with E-state index in [4.69, 9.17) is 9.47 Å². The number of carbonyl (C=O) groups is 3. The molecule has 1 aliphatic heterocycles. The van der Waals surface area contributed by atoms with Crippen LogP contribution >= 0.6 is 0 Å². The van der Waals surface area contributed by atoms with Gasteiger partial charge in [0.15, 0.2) is 6.10 Å². The van der Waals surface area contributed by atoms with Crippen molar-refractivity contribution < 1.29 is 23.9 Å². The van der Waals surface area contributed by atoms with E-state index in [9.17, 15) is 14.4 Å². The first-order valence-electron chi connectivity index (χ1n) is 11.9. The molecule has 3 rings (SSSR count). The SMILES string of the molecule is CC(=O)Oc1cccc(C(=O)N2CCC(CNC(=O)C(C)Oc3ccccc3C(C)C)CC2)c1. The summed E-state index contributed by atoms with van der Waals surface area (Å²) < 4.78 is 11.0. The maximum Gasteiger partial charge on any atom is 0.308 e. The van der Waals surface area contributed by atoms with Crippen LogP contribution in [0.4, 0.5) is 0 Å².